The lowest BCUT2D eigenvalue weighted by Gasteiger charge is -2.52. The number of carbonyl (C=O) groups excluding carboxylic acids is 3. The van der Waals surface area contributed by atoms with Crippen molar-refractivity contribution in [3.8, 4) is 0 Å². The fraction of sp³-hybridized carbons (Fsp3) is 0.682. The van der Waals surface area contributed by atoms with Gasteiger partial charge in [0.25, 0.3) is 5.91 Å². The van der Waals surface area contributed by atoms with Crippen LogP contribution < -0.4 is 4.90 Å². The number of carbonyl (C=O) groups is 3. The summed E-state index contributed by atoms with van der Waals surface area (Å²) in [5, 5.41) is 0. The number of imide groups is 1. The van der Waals surface area contributed by atoms with Crippen LogP contribution in [0, 0.1) is 6.92 Å². The molecule has 9 heteroatoms. The Bertz CT molecular complexity index is 858. The van der Waals surface area contributed by atoms with Crippen LogP contribution in [-0.2, 0) is 14.3 Å². The van der Waals surface area contributed by atoms with Gasteiger partial charge in [-0.05, 0) is 47.5 Å². The van der Waals surface area contributed by atoms with Crippen molar-refractivity contribution in [2.75, 3.05) is 24.6 Å². The number of esters is 1. The van der Waals surface area contributed by atoms with E-state index in [4.69, 9.17) is 9.47 Å². The highest BCUT2D eigenvalue weighted by Gasteiger charge is 2.49. The number of nitrogens with zero attached hydrogens (tertiary/aromatic N) is 4. The van der Waals surface area contributed by atoms with E-state index in [9.17, 15) is 14.4 Å². The molecule has 0 atom stereocenters. The second-order valence-electron chi connectivity index (χ2n) is 9.21. The van der Waals surface area contributed by atoms with Gasteiger partial charge in [0.05, 0.1) is 25.2 Å². The fourth-order valence-electron chi connectivity index (χ4n) is 4.29. The molecule has 1 saturated carbocycles. The number of ether oxygens (including phenoxy) is 2. The standard InChI is InChI=1S/C22H32N4O5/c1-6-30-19(28)16-12-23-15(2)24-18(16)26-13-17(27)25(20(29)31-21(3,4)5)14-22(26)10-8-7-9-11-22/h12H,6-11,13-14H2,1-5H3. The van der Waals surface area contributed by atoms with E-state index in [1.54, 1.807) is 34.6 Å². The summed E-state index contributed by atoms with van der Waals surface area (Å²) in [6.07, 6.45) is 5.40. The Morgan fingerprint density at radius 1 is 1.19 bits per heavy atom. The second-order valence-corrected chi connectivity index (χ2v) is 9.21. The lowest BCUT2D eigenvalue weighted by Crippen LogP contribution is -2.67. The Hall–Kier alpha value is -2.71. The summed E-state index contributed by atoms with van der Waals surface area (Å²) < 4.78 is 10.7. The number of aromatic nitrogens is 2. The summed E-state index contributed by atoms with van der Waals surface area (Å²) in [5.74, 6) is -0.0110. The van der Waals surface area contributed by atoms with Gasteiger partial charge in [0.1, 0.15) is 22.8 Å². The first-order valence-corrected chi connectivity index (χ1v) is 10.9. The smallest absolute Gasteiger partial charge is 0.417 e. The van der Waals surface area contributed by atoms with Crippen LogP contribution in [0.15, 0.2) is 6.20 Å². The fourth-order valence-corrected chi connectivity index (χ4v) is 4.29. The van der Waals surface area contributed by atoms with E-state index in [0.29, 0.717) is 11.6 Å². The van der Waals surface area contributed by atoms with Crippen molar-refractivity contribution in [2.45, 2.75) is 77.9 Å². The summed E-state index contributed by atoms with van der Waals surface area (Å²) in [7, 11) is 0. The van der Waals surface area contributed by atoms with Crippen molar-refractivity contribution in [2.24, 2.45) is 0 Å². The molecule has 2 heterocycles. The van der Waals surface area contributed by atoms with Crippen LogP contribution in [0.4, 0.5) is 10.6 Å². The molecule has 0 bridgehead atoms. The number of aryl methyl sites for hydroxylation is 1. The van der Waals surface area contributed by atoms with E-state index in [0.717, 1.165) is 32.1 Å². The van der Waals surface area contributed by atoms with Gasteiger partial charge in [0.15, 0.2) is 0 Å². The normalized spacial score (nSPS) is 18.8. The van der Waals surface area contributed by atoms with E-state index < -0.39 is 23.2 Å². The van der Waals surface area contributed by atoms with Gasteiger partial charge in [0, 0.05) is 6.20 Å². The molecular weight excluding hydrogens is 400 g/mol. The second kappa shape index (κ2) is 8.80. The predicted molar refractivity (Wildman–Crippen MR) is 114 cm³/mol. The molecule has 9 nitrogen and oxygen atoms in total. The summed E-state index contributed by atoms with van der Waals surface area (Å²) in [6.45, 7) is 9.16. The van der Waals surface area contributed by atoms with Crippen LogP contribution in [0.5, 0.6) is 0 Å². The van der Waals surface area contributed by atoms with E-state index in [-0.39, 0.29) is 31.2 Å². The van der Waals surface area contributed by atoms with Crippen molar-refractivity contribution in [1.82, 2.24) is 14.9 Å². The molecule has 2 aliphatic rings. The summed E-state index contributed by atoms with van der Waals surface area (Å²) >= 11 is 0. The molecule has 1 spiro atoms. The largest absolute Gasteiger partial charge is 0.462 e. The Morgan fingerprint density at radius 3 is 2.48 bits per heavy atom. The average molecular weight is 433 g/mol. The first-order chi connectivity index (χ1) is 14.6. The van der Waals surface area contributed by atoms with Gasteiger partial charge in [-0.3, -0.25) is 4.79 Å². The third kappa shape index (κ3) is 4.97. The Labute approximate surface area is 183 Å². The minimum Gasteiger partial charge on any atom is -0.462 e. The molecule has 1 saturated heterocycles. The molecule has 0 aromatic carbocycles. The maximum atomic E-state index is 13.0. The maximum absolute atomic E-state index is 13.0. The Kier molecular flexibility index (Phi) is 6.52. The lowest BCUT2D eigenvalue weighted by atomic mass is 9.78. The molecule has 2 fully saturated rings. The maximum Gasteiger partial charge on any atom is 0.417 e. The zero-order valence-corrected chi connectivity index (χ0v) is 19.1. The quantitative estimate of drug-likeness (QED) is 0.671. The minimum absolute atomic E-state index is 0.0674. The number of piperazine rings is 1. The molecule has 170 valence electrons. The van der Waals surface area contributed by atoms with Gasteiger partial charge in [-0.2, -0.15) is 0 Å². The molecule has 31 heavy (non-hydrogen) atoms. The van der Waals surface area contributed by atoms with Gasteiger partial charge in [-0.25, -0.2) is 24.5 Å². The van der Waals surface area contributed by atoms with E-state index in [2.05, 4.69) is 9.97 Å². The van der Waals surface area contributed by atoms with Gasteiger partial charge < -0.3 is 14.4 Å². The number of amides is 2. The van der Waals surface area contributed by atoms with Gasteiger partial charge in [-0.1, -0.05) is 19.3 Å². The van der Waals surface area contributed by atoms with Crippen molar-refractivity contribution < 1.29 is 23.9 Å². The first kappa shape index (κ1) is 23.0. The monoisotopic (exact) mass is 432 g/mol. The molecule has 3 rings (SSSR count). The minimum atomic E-state index is -0.699. The van der Waals surface area contributed by atoms with Crippen molar-refractivity contribution in [3.05, 3.63) is 17.6 Å². The van der Waals surface area contributed by atoms with Crippen LogP contribution in [0.1, 0.15) is 76.0 Å². The third-order valence-electron chi connectivity index (χ3n) is 5.66. The number of rotatable bonds is 3. The number of hydrogen-bond acceptors (Lipinski definition) is 8. The van der Waals surface area contributed by atoms with Crippen LogP contribution >= 0.6 is 0 Å². The zero-order chi connectivity index (χ0) is 22.8. The van der Waals surface area contributed by atoms with Gasteiger partial charge >= 0.3 is 12.1 Å². The van der Waals surface area contributed by atoms with E-state index in [1.165, 1.54) is 11.1 Å². The van der Waals surface area contributed by atoms with Gasteiger partial charge in [-0.15, -0.1) is 0 Å². The average Bonchev–Trinajstić information content (AvgIpc) is 2.69. The van der Waals surface area contributed by atoms with Crippen molar-refractivity contribution >= 4 is 23.8 Å². The van der Waals surface area contributed by atoms with Crippen LogP contribution in [-0.4, -0.2) is 63.7 Å². The van der Waals surface area contributed by atoms with Crippen molar-refractivity contribution in [3.63, 3.8) is 0 Å². The van der Waals surface area contributed by atoms with E-state index >= 15 is 0 Å². The lowest BCUT2D eigenvalue weighted by molar-refractivity contribution is -0.132. The Morgan fingerprint density at radius 2 is 1.87 bits per heavy atom. The molecule has 1 aromatic heterocycles. The molecule has 1 aromatic rings. The highest BCUT2D eigenvalue weighted by molar-refractivity contribution is 5.99. The highest BCUT2D eigenvalue weighted by atomic mass is 16.6. The SMILES string of the molecule is CCOC(=O)c1cnc(C)nc1N1CC(=O)N(C(=O)OC(C)(C)C)CC12CCCCC2. The molecule has 0 unspecified atom stereocenters. The summed E-state index contributed by atoms with van der Waals surface area (Å²) in [4.78, 5) is 50.2. The molecule has 1 aliphatic heterocycles. The van der Waals surface area contributed by atoms with Crippen LogP contribution in [0.2, 0.25) is 0 Å². The zero-order valence-electron chi connectivity index (χ0n) is 19.1. The van der Waals surface area contributed by atoms with E-state index in [1.807, 2.05) is 4.90 Å². The summed E-state index contributed by atoms with van der Waals surface area (Å²) in [5.41, 5.74) is -0.976. The Balaban J connectivity index is 2.02. The molecule has 2 amide bonds. The molecular formula is C22H32N4O5. The summed E-state index contributed by atoms with van der Waals surface area (Å²) in [6, 6.07) is 0. The molecule has 1 aliphatic carbocycles. The van der Waals surface area contributed by atoms with Crippen LogP contribution in [0.25, 0.3) is 0 Å². The molecule has 0 N–H and O–H groups in total. The molecule has 0 radical (unpaired) electrons. The van der Waals surface area contributed by atoms with Crippen LogP contribution in [0.3, 0.4) is 0 Å². The predicted octanol–water partition coefficient (Wildman–Crippen LogP) is 3.25. The first-order valence-electron chi connectivity index (χ1n) is 10.9. The van der Waals surface area contributed by atoms with Gasteiger partial charge in [0.2, 0.25) is 0 Å². The third-order valence-corrected chi connectivity index (χ3v) is 5.66. The van der Waals surface area contributed by atoms with Crippen molar-refractivity contribution in [1.29, 1.82) is 0 Å². The highest BCUT2D eigenvalue weighted by Crippen LogP contribution is 2.40. The topological polar surface area (TPSA) is 102 Å². The number of anilines is 1. The number of hydrogen-bond donors (Lipinski definition) is 0.